The number of nitrogens with one attached hydrogen (secondary N) is 2. The number of hydrogen-bond acceptors (Lipinski definition) is 4. The number of thioether (sulfide) groups is 1. The van der Waals surface area contributed by atoms with E-state index in [-0.39, 0.29) is 5.82 Å². The normalized spacial score (nSPS) is 11.9. The predicted octanol–water partition coefficient (Wildman–Crippen LogP) is 3.40. The summed E-state index contributed by atoms with van der Waals surface area (Å²) in [4.78, 5) is 4.23. The van der Waals surface area contributed by atoms with Crippen molar-refractivity contribution in [2.75, 3.05) is 19.8 Å². The summed E-state index contributed by atoms with van der Waals surface area (Å²) in [5.74, 6) is 2.10. The van der Waals surface area contributed by atoms with Gasteiger partial charge in [-0.25, -0.2) is 4.39 Å². The maximum Gasteiger partial charge on any atom is 0.191 e. The zero-order valence-electron chi connectivity index (χ0n) is 17.4. The first-order valence-electron chi connectivity index (χ1n) is 9.60. The van der Waals surface area contributed by atoms with Crippen molar-refractivity contribution < 1.29 is 4.39 Å². The molecule has 2 N–H and O–H groups in total. The molecule has 0 fully saturated rings. The van der Waals surface area contributed by atoms with Gasteiger partial charge in [0.25, 0.3) is 0 Å². The topological polar surface area (TPSA) is 67.1 Å². The lowest BCUT2D eigenvalue weighted by atomic mass is 10.1. The molecule has 154 valence electrons. The van der Waals surface area contributed by atoms with Crippen LogP contribution in [0.25, 0.3) is 0 Å². The van der Waals surface area contributed by atoms with Gasteiger partial charge in [-0.2, -0.15) is 0 Å². The Bertz CT molecular complexity index is 787. The monoisotopic (exact) mass is 406 g/mol. The van der Waals surface area contributed by atoms with Crippen LogP contribution < -0.4 is 10.6 Å². The second-order valence-corrected chi connectivity index (χ2v) is 7.92. The molecule has 28 heavy (non-hydrogen) atoms. The van der Waals surface area contributed by atoms with Crippen LogP contribution in [0.2, 0.25) is 0 Å². The van der Waals surface area contributed by atoms with Crippen molar-refractivity contribution in [2.24, 2.45) is 10.9 Å². The lowest BCUT2D eigenvalue weighted by Gasteiger charge is -2.13. The number of aliphatic imine (C=N–C) groups is 1. The lowest BCUT2D eigenvalue weighted by Crippen LogP contribution is -2.37. The van der Waals surface area contributed by atoms with E-state index in [1.54, 1.807) is 37.9 Å². The summed E-state index contributed by atoms with van der Waals surface area (Å²) < 4.78 is 15.9. The second kappa shape index (κ2) is 11.0. The molecule has 0 radical (unpaired) electrons. The molecule has 0 bridgehead atoms. The van der Waals surface area contributed by atoms with Gasteiger partial charge in [0.15, 0.2) is 11.1 Å². The Labute approximate surface area is 171 Å². The van der Waals surface area contributed by atoms with E-state index in [2.05, 4.69) is 44.2 Å². The smallest absolute Gasteiger partial charge is 0.191 e. The van der Waals surface area contributed by atoms with Gasteiger partial charge in [-0.3, -0.25) is 4.99 Å². The van der Waals surface area contributed by atoms with Crippen LogP contribution in [0.4, 0.5) is 4.39 Å². The van der Waals surface area contributed by atoms with Crippen LogP contribution in [0.3, 0.4) is 0 Å². The maximum absolute atomic E-state index is 13.6. The highest BCUT2D eigenvalue weighted by Gasteiger charge is 2.12. The van der Waals surface area contributed by atoms with Gasteiger partial charge in [0, 0.05) is 33.1 Å². The highest BCUT2D eigenvalue weighted by atomic mass is 32.2. The molecule has 2 rings (SSSR count). The molecule has 0 unspecified atom stereocenters. The molecule has 1 aromatic carbocycles. The molecule has 0 amide bonds. The van der Waals surface area contributed by atoms with Gasteiger partial charge in [-0.05, 0) is 42.7 Å². The van der Waals surface area contributed by atoms with E-state index in [0.29, 0.717) is 24.0 Å². The van der Waals surface area contributed by atoms with E-state index < -0.39 is 0 Å². The summed E-state index contributed by atoms with van der Waals surface area (Å²) in [6.45, 7) is 8.39. The molecule has 8 heteroatoms. The Hall–Kier alpha value is -2.09. The number of halogens is 1. The van der Waals surface area contributed by atoms with Crippen LogP contribution in [0.15, 0.2) is 28.3 Å². The molecule has 0 saturated heterocycles. The standard InChI is InChI=1S/C20H31FN6S/c1-14(2)13-27-18(25-26-20(27)28-5)7-6-10-23-19(22-4)24-12-16-9-8-15(3)17(21)11-16/h8-9,11,14H,6-7,10,12-13H2,1-5H3,(H2,22,23,24). The minimum atomic E-state index is -0.183. The summed E-state index contributed by atoms with van der Waals surface area (Å²) in [5.41, 5.74) is 1.54. The van der Waals surface area contributed by atoms with Gasteiger partial charge in [0.1, 0.15) is 11.6 Å². The quantitative estimate of drug-likeness (QED) is 0.289. The highest BCUT2D eigenvalue weighted by molar-refractivity contribution is 7.98. The van der Waals surface area contributed by atoms with E-state index in [9.17, 15) is 4.39 Å². The Morgan fingerprint density at radius 3 is 2.71 bits per heavy atom. The average molecular weight is 407 g/mol. The van der Waals surface area contributed by atoms with E-state index in [1.165, 1.54) is 0 Å². The fraction of sp³-hybridized carbons (Fsp3) is 0.550. The molecule has 1 heterocycles. The first-order chi connectivity index (χ1) is 13.4. The highest BCUT2D eigenvalue weighted by Crippen LogP contribution is 2.16. The summed E-state index contributed by atoms with van der Waals surface area (Å²) in [6, 6.07) is 5.27. The molecule has 0 aliphatic carbocycles. The van der Waals surface area contributed by atoms with Crippen molar-refractivity contribution in [2.45, 2.75) is 51.9 Å². The molecule has 0 aliphatic heterocycles. The van der Waals surface area contributed by atoms with E-state index in [1.807, 2.05) is 12.3 Å². The van der Waals surface area contributed by atoms with E-state index >= 15 is 0 Å². The van der Waals surface area contributed by atoms with Gasteiger partial charge in [0.2, 0.25) is 0 Å². The summed E-state index contributed by atoms with van der Waals surface area (Å²) >= 11 is 1.63. The number of hydrogen-bond donors (Lipinski definition) is 2. The van der Waals surface area contributed by atoms with Gasteiger partial charge in [0.05, 0.1) is 0 Å². The number of guanidine groups is 1. The van der Waals surface area contributed by atoms with Crippen molar-refractivity contribution in [1.82, 2.24) is 25.4 Å². The molecule has 0 aliphatic rings. The molecule has 1 aromatic heterocycles. The number of rotatable bonds is 9. The van der Waals surface area contributed by atoms with Crippen LogP contribution in [-0.4, -0.2) is 40.6 Å². The molecule has 0 spiro atoms. The van der Waals surface area contributed by atoms with Crippen molar-refractivity contribution in [1.29, 1.82) is 0 Å². The Morgan fingerprint density at radius 2 is 2.07 bits per heavy atom. The van der Waals surface area contributed by atoms with E-state index in [4.69, 9.17) is 0 Å². The summed E-state index contributed by atoms with van der Waals surface area (Å²) in [5, 5.41) is 16.1. The Morgan fingerprint density at radius 1 is 1.29 bits per heavy atom. The third-order valence-electron chi connectivity index (χ3n) is 4.31. The molecule has 6 nitrogen and oxygen atoms in total. The fourth-order valence-electron chi connectivity index (χ4n) is 2.81. The Balaban J connectivity index is 1.80. The van der Waals surface area contributed by atoms with Gasteiger partial charge in [-0.15, -0.1) is 10.2 Å². The third kappa shape index (κ3) is 6.51. The summed E-state index contributed by atoms with van der Waals surface area (Å²) in [7, 11) is 1.73. The minimum absolute atomic E-state index is 0.183. The predicted molar refractivity (Wildman–Crippen MR) is 114 cm³/mol. The largest absolute Gasteiger partial charge is 0.356 e. The van der Waals surface area contributed by atoms with Crippen molar-refractivity contribution in [3.05, 3.63) is 41.0 Å². The molecular weight excluding hydrogens is 375 g/mol. The van der Waals surface area contributed by atoms with E-state index in [0.717, 1.165) is 42.5 Å². The van der Waals surface area contributed by atoms with Crippen LogP contribution in [0.1, 0.15) is 37.2 Å². The first kappa shape index (κ1) is 22.2. The first-order valence-corrected chi connectivity index (χ1v) is 10.8. The van der Waals surface area contributed by atoms with Gasteiger partial charge in [-0.1, -0.05) is 37.7 Å². The minimum Gasteiger partial charge on any atom is -0.356 e. The zero-order chi connectivity index (χ0) is 20.5. The summed E-state index contributed by atoms with van der Waals surface area (Å²) in [6.07, 6.45) is 3.81. The lowest BCUT2D eigenvalue weighted by molar-refractivity contribution is 0.477. The van der Waals surface area contributed by atoms with Crippen molar-refractivity contribution in [3.8, 4) is 0 Å². The average Bonchev–Trinajstić information content (AvgIpc) is 3.04. The molecule has 0 atom stereocenters. The number of nitrogens with zero attached hydrogens (tertiary/aromatic N) is 4. The van der Waals surface area contributed by atoms with Gasteiger partial charge >= 0.3 is 0 Å². The van der Waals surface area contributed by atoms with Gasteiger partial charge < -0.3 is 15.2 Å². The molecule has 0 saturated carbocycles. The number of aromatic nitrogens is 3. The SMILES string of the molecule is CN=C(NCCCc1nnc(SC)n1CC(C)C)NCc1ccc(C)c(F)c1. The molecular formula is C20H31FN6S. The number of aryl methyl sites for hydroxylation is 2. The Kier molecular flexibility index (Phi) is 8.76. The second-order valence-electron chi connectivity index (χ2n) is 7.15. The third-order valence-corrected chi connectivity index (χ3v) is 4.98. The number of benzene rings is 1. The van der Waals surface area contributed by atoms with Crippen molar-refractivity contribution >= 4 is 17.7 Å². The fourth-order valence-corrected chi connectivity index (χ4v) is 3.33. The van der Waals surface area contributed by atoms with Crippen LogP contribution >= 0.6 is 11.8 Å². The van der Waals surface area contributed by atoms with Crippen LogP contribution in [0.5, 0.6) is 0 Å². The van der Waals surface area contributed by atoms with Crippen molar-refractivity contribution in [3.63, 3.8) is 0 Å². The zero-order valence-corrected chi connectivity index (χ0v) is 18.2. The van der Waals surface area contributed by atoms with Crippen LogP contribution in [0, 0.1) is 18.7 Å². The maximum atomic E-state index is 13.6. The van der Waals surface area contributed by atoms with Crippen LogP contribution in [-0.2, 0) is 19.5 Å². The molecule has 2 aromatic rings.